The highest BCUT2D eigenvalue weighted by Crippen LogP contribution is 2.29. The van der Waals surface area contributed by atoms with Crippen molar-refractivity contribution in [3.05, 3.63) is 28.7 Å². The van der Waals surface area contributed by atoms with E-state index in [2.05, 4.69) is 15.9 Å². The Kier molecular flexibility index (Phi) is 4.70. The summed E-state index contributed by atoms with van der Waals surface area (Å²) in [6.45, 7) is 0.331. The van der Waals surface area contributed by atoms with Gasteiger partial charge in [-0.15, -0.1) is 0 Å². The van der Waals surface area contributed by atoms with Gasteiger partial charge in [0.05, 0.1) is 17.4 Å². The van der Waals surface area contributed by atoms with Gasteiger partial charge in [0.2, 0.25) is 11.8 Å². The van der Waals surface area contributed by atoms with Gasteiger partial charge >= 0.3 is 0 Å². The van der Waals surface area contributed by atoms with Crippen LogP contribution in [0, 0.1) is 5.92 Å². The third-order valence-electron chi connectivity index (χ3n) is 4.70. The Labute approximate surface area is 149 Å². The van der Waals surface area contributed by atoms with E-state index in [9.17, 15) is 18.0 Å². The largest absolute Gasteiger partial charge is 0.341 e. The molecule has 130 valence electrons. The molecule has 6 nitrogen and oxygen atoms in total. The van der Waals surface area contributed by atoms with Crippen LogP contribution in [0.3, 0.4) is 0 Å². The smallest absolute Gasteiger partial charge is 0.228 e. The van der Waals surface area contributed by atoms with Crippen LogP contribution in [0.25, 0.3) is 0 Å². The zero-order valence-electron chi connectivity index (χ0n) is 13.3. The Morgan fingerprint density at radius 1 is 1.38 bits per heavy atom. The first-order chi connectivity index (χ1) is 11.3. The second-order valence-electron chi connectivity index (χ2n) is 6.39. The summed E-state index contributed by atoms with van der Waals surface area (Å²) in [6.07, 6.45) is 0.635. The van der Waals surface area contributed by atoms with Crippen LogP contribution in [0.2, 0.25) is 0 Å². The number of hydrogen-bond donors (Lipinski definition) is 0. The first kappa shape index (κ1) is 17.4. The lowest BCUT2D eigenvalue weighted by atomic mass is 10.1. The highest BCUT2D eigenvalue weighted by molar-refractivity contribution is 9.10. The Morgan fingerprint density at radius 3 is 2.75 bits per heavy atom. The second kappa shape index (κ2) is 6.48. The van der Waals surface area contributed by atoms with Crippen molar-refractivity contribution in [3.63, 3.8) is 0 Å². The van der Waals surface area contributed by atoms with E-state index in [0.29, 0.717) is 13.0 Å². The van der Waals surface area contributed by atoms with Crippen molar-refractivity contribution in [2.75, 3.05) is 30.0 Å². The molecule has 0 aliphatic carbocycles. The number of carbonyl (C=O) groups excluding carboxylic acids is 2. The molecular weight excluding hydrogens is 396 g/mol. The van der Waals surface area contributed by atoms with Gasteiger partial charge in [0.15, 0.2) is 9.84 Å². The van der Waals surface area contributed by atoms with Gasteiger partial charge in [-0.05, 0) is 24.6 Å². The van der Waals surface area contributed by atoms with Crippen LogP contribution in [0.1, 0.15) is 12.8 Å². The van der Waals surface area contributed by atoms with Crippen molar-refractivity contribution in [3.8, 4) is 0 Å². The molecule has 2 aliphatic rings. The molecule has 24 heavy (non-hydrogen) atoms. The summed E-state index contributed by atoms with van der Waals surface area (Å²) in [6, 6.07) is 7.12. The Balaban J connectivity index is 1.70. The summed E-state index contributed by atoms with van der Waals surface area (Å²) in [4.78, 5) is 28.1. The molecule has 8 heteroatoms. The zero-order valence-corrected chi connectivity index (χ0v) is 15.7. The number of halogens is 1. The lowest BCUT2D eigenvalue weighted by Gasteiger charge is -2.26. The molecule has 2 heterocycles. The standard InChI is InChI=1S/C16H19BrN2O4S/c1-18(14-5-6-24(22,23)10-14)16(21)11-7-15(20)19(9-11)13-4-2-3-12(17)8-13/h2-4,8,11,14H,5-7,9-10H2,1H3/t11-,14-/m0/s1. The summed E-state index contributed by atoms with van der Waals surface area (Å²) < 4.78 is 24.1. The normalized spacial score (nSPS) is 25.9. The van der Waals surface area contributed by atoms with Gasteiger partial charge < -0.3 is 9.80 Å². The van der Waals surface area contributed by atoms with Gasteiger partial charge in [-0.3, -0.25) is 9.59 Å². The molecule has 2 aliphatic heterocycles. The molecule has 0 saturated carbocycles. The lowest BCUT2D eigenvalue weighted by Crippen LogP contribution is -2.42. The van der Waals surface area contributed by atoms with Crippen LogP contribution in [0.4, 0.5) is 5.69 Å². The van der Waals surface area contributed by atoms with Crippen LogP contribution in [0.5, 0.6) is 0 Å². The Morgan fingerprint density at radius 2 is 2.12 bits per heavy atom. The van der Waals surface area contributed by atoms with Crippen molar-refractivity contribution in [2.45, 2.75) is 18.9 Å². The number of rotatable bonds is 3. The minimum Gasteiger partial charge on any atom is -0.341 e. The monoisotopic (exact) mass is 414 g/mol. The van der Waals surface area contributed by atoms with Crippen LogP contribution < -0.4 is 4.90 Å². The fraction of sp³-hybridized carbons (Fsp3) is 0.500. The zero-order chi connectivity index (χ0) is 17.5. The Hall–Kier alpha value is -1.41. The van der Waals surface area contributed by atoms with E-state index in [0.717, 1.165) is 10.2 Å². The van der Waals surface area contributed by atoms with E-state index in [4.69, 9.17) is 0 Å². The van der Waals surface area contributed by atoms with E-state index in [1.165, 1.54) is 4.90 Å². The molecule has 1 aromatic carbocycles. The molecule has 0 radical (unpaired) electrons. The van der Waals surface area contributed by atoms with Crippen LogP contribution in [-0.2, 0) is 19.4 Å². The predicted octanol–water partition coefficient (Wildman–Crippen LogP) is 1.45. The fourth-order valence-electron chi connectivity index (χ4n) is 3.32. The molecule has 2 atom stereocenters. The first-order valence-corrected chi connectivity index (χ1v) is 10.4. The van der Waals surface area contributed by atoms with Crippen molar-refractivity contribution < 1.29 is 18.0 Å². The molecule has 2 saturated heterocycles. The molecule has 2 fully saturated rings. The van der Waals surface area contributed by atoms with Crippen LogP contribution in [0.15, 0.2) is 28.7 Å². The summed E-state index contributed by atoms with van der Waals surface area (Å²) in [7, 11) is -1.40. The number of anilines is 1. The molecule has 0 N–H and O–H groups in total. The molecule has 3 rings (SSSR count). The van der Waals surface area contributed by atoms with Crippen LogP contribution in [-0.4, -0.2) is 56.3 Å². The van der Waals surface area contributed by atoms with Gasteiger partial charge in [-0.1, -0.05) is 22.0 Å². The van der Waals surface area contributed by atoms with Gasteiger partial charge in [0, 0.05) is 36.2 Å². The van der Waals surface area contributed by atoms with Gasteiger partial charge in [-0.2, -0.15) is 0 Å². The molecule has 0 aromatic heterocycles. The number of nitrogens with zero attached hydrogens (tertiary/aromatic N) is 2. The highest BCUT2D eigenvalue weighted by atomic mass is 79.9. The average molecular weight is 415 g/mol. The first-order valence-electron chi connectivity index (χ1n) is 7.80. The van der Waals surface area contributed by atoms with E-state index in [-0.39, 0.29) is 35.8 Å². The Bertz CT molecular complexity index is 780. The van der Waals surface area contributed by atoms with Crippen molar-refractivity contribution in [1.29, 1.82) is 0 Å². The predicted molar refractivity (Wildman–Crippen MR) is 94.4 cm³/mol. The molecule has 1 aromatic rings. The summed E-state index contributed by atoms with van der Waals surface area (Å²) in [5.74, 6) is -0.513. The number of benzene rings is 1. The van der Waals surface area contributed by atoms with Gasteiger partial charge in [0.1, 0.15) is 0 Å². The van der Waals surface area contributed by atoms with Gasteiger partial charge in [-0.25, -0.2) is 8.42 Å². The molecule has 0 unspecified atom stereocenters. The molecule has 0 spiro atoms. The van der Waals surface area contributed by atoms with Crippen molar-refractivity contribution in [1.82, 2.24) is 4.90 Å². The maximum atomic E-state index is 12.7. The number of sulfone groups is 1. The minimum absolute atomic E-state index is 0.0191. The number of carbonyl (C=O) groups is 2. The average Bonchev–Trinajstić information content (AvgIpc) is 3.08. The third-order valence-corrected chi connectivity index (χ3v) is 6.94. The third kappa shape index (κ3) is 3.49. The number of amides is 2. The molecule has 0 bridgehead atoms. The number of hydrogen-bond acceptors (Lipinski definition) is 4. The van der Waals surface area contributed by atoms with Gasteiger partial charge in [0.25, 0.3) is 0 Å². The summed E-state index contributed by atoms with van der Waals surface area (Å²) in [5, 5.41) is 0. The minimum atomic E-state index is -3.04. The maximum absolute atomic E-state index is 12.7. The topological polar surface area (TPSA) is 74.8 Å². The molecular formula is C16H19BrN2O4S. The highest BCUT2D eigenvalue weighted by Gasteiger charge is 2.40. The quantitative estimate of drug-likeness (QED) is 0.749. The maximum Gasteiger partial charge on any atom is 0.228 e. The van der Waals surface area contributed by atoms with E-state index >= 15 is 0 Å². The van der Waals surface area contributed by atoms with Crippen LogP contribution >= 0.6 is 15.9 Å². The van der Waals surface area contributed by atoms with E-state index < -0.39 is 15.8 Å². The molecule has 2 amide bonds. The van der Waals surface area contributed by atoms with Crippen molar-refractivity contribution >= 4 is 43.3 Å². The summed E-state index contributed by atoms with van der Waals surface area (Å²) in [5.41, 5.74) is 0.760. The summed E-state index contributed by atoms with van der Waals surface area (Å²) >= 11 is 3.38. The fourth-order valence-corrected chi connectivity index (χ4v) is 5.48. The second-order valence-corrected chi connectivity index (χ2v) is 9.54. The van der Waals surface area contributed by atoms with Crippen molar-refractivity contribution in [2.24, 2.45) is 5.92 Å². The van der Waals surface area contributed by atoms with E-state index in [1.54, 1.807) is 11.9 Å². The van der Waals surface area contributed by atoms with E-state index in [1.807, 2.05) is 24.3 Å². The SMILES string of the molecule is CN(C(=O)[C@H]1CC(=O)N(c2cccc(Br)c2)C1)[C@H]1CCS(=O)(=O)C1. The lowest BCUT2D eigenvalue weighted by molar-refractivity contribution is -0.136.